The van der Waals surface area contributed by atoms with Gasteiger partial charge in [0.25, 0.3) is 0 Å². The van der Waals surface area contributed by atoms with Crippen molar-refractivity contribution in [1.29, 1.82) is 0 Å². The smallest absolute Gasteiger partial charge is 0.464 e. The number of halogens is 3. The average Bonchev–Trinajstić information content (AvgIpc) is 3.09. The van der Waals surface area contributed by atoms with Gasteiger partial charge in [0, 0.05) is 11.8 Å². The first kappa shape index (κ1) is 23.1. The Kier molecular flexibility index (Phi) is 5.90. The average molecular weight is 470 g/mol. The highest BCUT2D eigenvalue weighted by Gasteiger charge is 2.31. The summed E-state index contributed by atoms with van der Waals surface area (Å²) in [6.07, 6.45) is -4.78. The highest BCUT2D eigenvalue weighted by Crippen LogP contribution is 2.34. The van der Waals surface area contributed by atoms with E-state index in [1.54, 1.807) is 4.52 Å². The zero-order valence-electron chi connectivity index (χ0n) is 18.8. The van der Waals surface area contributed by atoms with Crippen LogP contribution < -0.4 is 10.1 Å². The van der Waals surface area contributed by atoms with Gasteiger partial charge in [0.1, 0.15) is 11.6 Å². The van der Waals surface area contributed by atoms with Crippen LogP contribution in [0, 0.1) is 20.8 Å². The van der Waals surface area contributed by atoms with E-state index >= 15 is 0 Å². The topological polar surface area (TPSA) is 77.8 Å². The first-order valence-electron chi connectivity index (χ1n) is 10.3. The zero-order chi connectivity index (χ0) is 24.6. The number of fused-ring (bicyclic) bond motifs is 1. The van der Waals surface area contributed by atoms with E-state index in [1.165, 1.54) is 37.4 Å². The van der Waals surface area contributed by atoms with Crippen LogP contribution in [-0.4, -0.2) is 34.0 Å². The summed E-state index contributed by atoms with van der Waals surface area (Å²) in [7, 11) is 1.26. The SMILES string of the molecule is COC(=O)c1cc(Nc2ccc(OC(F)(F)F)cc2)n2nc(C)c(-c3c(C)cccc3C)c2n1. The highest BCUT2D eigenvalue weighted by atomic mass is 19.4. The molecular formula is C24H21F3N4O3. The largest absolute Gasteiger partial charge is 0.573 e. The highest BCUT2D eigenvalue weighted by molar-refractivity contribution is 5.92. The second-order valence-corrected chi connectivity index (χ2v) is 7.68. The number of nitrogens with zero attached hydrogens (tertiary/aromatic N) is 3. The molecule has 176 valence electrons. The Hall–Kier alpha value is -4.08. The van der Waals surface area contributed by atoms with E-state index in [0.717, 1.165) is 22.3 Å². The van der Waals surface area contributed by atoms with Gasteiger partial charge in [0.05, 0.1) is 18.4 Å². The summed E-state index contributed by atoms with van der Waals surface area (Å²) in [5.41, 5.74) is 5.45. The van der Waals surface area contributed by atoms with Crippen molar-refractivity contribution in [2.45, 2.75) is 27.1 Å². The van der Waals surface area contributed by atoms with Crippen LogP contribution in [0.15, 0.2) is 48.5 Å². The molecular weight excluding hydrogens is 449 g/mol. The molecule has 0 bridgehead atoms. The summed E-state index contributed by atoms with van der Waals surface area (Å²) < 4.78 is 47.7. The van der Waals surface area contributed by atoms with Crippen LogP contribution in [0.25, 0.3) is 16.8 Å². The molecule has 34 heavy (non-hydrogen) atoms. The lowest BCUT2D eigenvalue weighted by atomic mass is 9.96. The third-order valence-electron chi connectivity index (χ3n) is 5.25. The lowest BCUT2D eigenvalue weighted by Gasteiger charge is -2.13. The minimum atomic E-state index is -4.78. The van der Waals surface area contributed by atoms with Gasteiger partial charge >= 0.3 is 12.3 Å². The van der Waals surface area contributed by atoms with Crippen molar-refractivity contribution < 1.29 is 27.4 Å². The third kappa shape index (κ3) is 4.52. The summed E-state index contributed by atoms with van der Waals surface area (Å²) in [5, 5.41) is 7.72. The van der Waals surface area contributed by atoms with Gasteiger partial charge in [-0.15, -0.1) is 13.2 Å². The maximum absolute atomic E-state index is 12.5. The van der Waals surface area contributed by atoms with Crippen molar-refractivity contribution in [3.05, 3.63) is 71.0 Å². The van der Waals surface area contributed by atoms with Crippen LogP contribution in [0.3, 0.4) is 0 Å². The number of aromatic nitrogens is 3. The number of rotatable bonds is 5. The molecule has 4 aromatic rings. The number of methoxy groups -OCH3 is 1. The predicted molar refractivity (Wildman–Crippen MR) is 120 cm³/mol. The third-order valence-corrected chi connectivity index (χ3v) is 5.25. The molecule has 4 rings (SSSR count). The number of carbonyl (C=O) groups is 1. The minimum absolute atomic E-state index is 0.0573. The fraction of sp³-hybridized carbons (Fsp3) is 0.208. The van der Waals surface area contributed by atoms with Crippen LogP contribution in [0.5, 0.6) is 5.75 Å². The van der Waals surface area contributed by atoms with E-state index in [2.05, 4.69) is 20.1 Å². The van der Waals surface area contributed by atoms with Gasteiger partial charge in [-0.05, 0) is 61.7 Å². The maximum atomic E-state index is 12.5. The standard InChI is InChI=1S/C24H21F3N4O3/c1-13-6-5-7-14(2)20(13)21-15(3)30-31-19(12-18(23(32)33-4)29-22(21)31)28-16-8-10-17(11-9-16)34-24(25,26)27/h5-12,28H,1-4H3. The van der Waals surface area contributed by atoms with Crippen LogP contribution in [0.1, 0.15) is 27.3 Å². The van der Waals surface area contributed by atoms with Gasteiger partial charge in [0.15, 0.2) is 11.3 Å². The first-order chi connectivity index (χ1) is 16.1. The monoisotopic (exact) mass is 470 g/mol. The molecule has 0 saturated carbocycles. The molecule has 0 spiro atoms. The molecule has 0 amide bonds. The van der Waals surface area contributed by atoms with Crippen molar-refractivity contribution in [1.82, 2.24) is 14.6 Å². The summed E-state index contributed by atoms with van der Waals surface area (Å²) in [4.78, 5) is 16.9. The lowest BCUT2D eigenvalue weighted by Crippen LogP contribution is -2.17. The van der Waals surface area contributed by atoms with Gasteiger partial charge < -0.3 is 14.8 Å². The zero-order valence-corrected chi connectivity index (χ0v) is 18.8. The number of anilines is 2. The molecule has 2 aromatic carbocycles. The number of hydrogen-bond acceptors (Lipinski definition) is 6. The Morgan fingerprint density at radius 2 is 1.65 bits per heavy atom. The van der Waals surface area contributed by atoms with Crippen LogP contribution in [-0.2, 0) is 4.74 Å². The minimum Gasteiger partial charge on any atom is -0.464 e. The fourth-order valence-electron chi connectivity index (χ4n) is 3.81. The molecule has 0 radical (unpaired) electrons. The van der Waals surface area contributed by atoms with Gasteiger partial charge in [-0.25, -0.2) is 9.78 Å². The summed E-state index contributed by atoms with van der Waals surface area (Å²) in [5.74, 6) is -0.596. The van der Waals surface area contributed by atoms with Crippen molar-refractivity contribution >= 4 is 23.1 Å². The van der Waals surface area contributed by atoms with E-state index in [9.17, 15) is 18.0 Å². The van der Waals surface area contributed by atoms with E-state index < -0.39 is 12.3 Å². The molecule has 1 N–H and O–H groups in total. The number of nitrogens with one attached hydrogen (secondary N) is 1. The second kappa shape index (κ2) is 8.69. The number of alkyl halides is 3. The van der Waals surface area contributed by atoms with E-state index in [-0.39, 0.29) is 11.4 Å². The van der Waals surface area contributed by atoms with Gasteiger partial charge in [-0.1, -0.05) is 18.2 Å². The number of esters is 1. The molecule has 0 unspecified atom stereocenters. The molecule has 0 fully saturated rings. The van der Waals surface area contributed by atoms with E-state index in [1.807, 2.05) is 39.0 Å². The molecule has 0 aliphatic heterocycles. The lowest BCUT2D eigenvalue weighted by molar-refractivity contribution is -0.274. The predicted octanol–water partition coefficient (Wildman–Crippen LogP) is 5.75. The fourth-order valence-corrected chi connectivity index (χ4v) is 3.81. The molecule has 2 aromatic heterocycles. The maximum Gasteiger partial charge on any atom is 0.573 e. The van der Waals surface area contributed by atoms with Crippen LogP contribution in [0.4, 0.5) is 24.7 Å². The first-order valence-corrected chi connectivity index (χ1v) is 10.3. The normalized spacial score (nSPS) is 11.5. The summed E-state index contributed by atoms with van der Waals surface area (Å²) in [6, 6.07) is 12.6. The van der Waals surface area contributed by atoms with Gasteiger partial charge in [-0.3, -0.25) is 0 Å². The number of benzene rings is 2. The molecule has 2 heterocycles. The van der Waals surface area contributed by atoms with Crippen molar-refractivity contribution in [3.8, 4) is 16.9 Å². The van der Waals surface area contributed by atoms with Crippen molar-refractivity contribution in [2.75, 3.05) is 12.4 Å². The summed E-state index contributed by atoms with van der Waals surface area (Å²) in [6.45, 7) is 5.82. The Morgan fingerprint density at radius 3 is 2.24 bits per heavy atom. The Labute approximate surface area is 193 Å². The Bertz CT molecular complexity index is 1360. The van der Waals surface area contributed by atoms with E-state index in [4.69, 9.17) is 4.74 Å². The number of ether oxygens (including phenoxy) is 2. The van der Waals surface area contributed by atoms with Gasteiger partial charge in [0.2, 0.25) is 0 Å². The Morgan fingerprint density at radius 1 is 1.00 bits per heavy atom. The van der Waals surface area contributed by atoms with Crippen LogP contribution >= 0.6 is 0 Å². The van der Waals surface area contributed by atoms with Crippen molar-refractivity contribution in [3.63, 3.8) is 0 Å². The van der Waals surface area contributed by atoms with Gasteiger partial charge in [-0.2, -0.15) is 9.61 Å². The quantitative estimate of drug-likeness (QED) is 0.374. The van der Waals surface area contributed by atoms with E-state index in [0.29, 0.717) is 22.8 Å². The number of carbonyl (C=O) groups excluding carboxylic acids is 1. The number of aryl methyl sites for hydroxylation is 3. The summed E-state index contributed by atoms with van der Waals surface area (Å²) >= 11 is 0. The van der Waals surface area contributed by atoms with Crippen molar-refractivity contribution in [2.24, 2.45) is 0 Å². The molecule has 0 aliphatic rings. The number of hydrogen-bond donors (Lipinski definition) is 1. The Balaban J connectivity index is 1.85. The second-order valence-electron chi connectivity index (χ2n) is 7.68. The van der Waals surface area contributed by atoms with Crippen LogP contribution in [0.2, 0.25) is 0 Å². The molecule has 0 atom stereocenters. The molecule has 0 saturated heterocycles. The molecule has 10 heteroatoms. The molecule has 0 aliphatic carbocycles. The molecule has 7 nitrogen and oxygen atoms in total.